The summed E-state index contributed by atoms with van der Waals surface area (Å²) in [4.78, 5) is 4.04. The van der Waals surface area contributed by atoms with Gasteiger partial charge in [-0.25, -0.2) is 8.42 Å². The number of rotatable bonds is 4. The maximum absolute atomic E-state index is 11.8. The topological polar surface area (TPSA) is 80.6 Å². The molecule has 0 aliphatic rings. The van der Waals surface area contributed by atoms with E-state index in [1.54, 1.807) is 36.9 Å². The molecule has 0 aromatic carbocycles. The first kappa shape index (κ1) is 14.9. The van der Waals surface area contributed by atoms with Crippen molar-refractivity contribution in [3.8, 4) is 11.4 Å². The summed E-state index contributed by atoms with van der Waals surface area (Å²) in [7, 11) is -3.22. The van der Waals surface area contributed by atoms with Crippen molar-refractivity contribution in [2.24, 2.45) is 0 Å². The van der Waals surface area contributed by atoms with Gasteiger partial charge in [0.2, 0.25) is 0 Å². The summed E-state index contributed by atoms with van der Waals surface area (Å²) in [5, 5.41) is 6.87. The molecule has 2 aromatic heterocycles. The molecule has 2 aromatic rings. The molecule has 0 unspecified atom stereocenters. The van der Waals surface area contributed by atoms with Gasteiger partial charge in [-0.15, -0.1) is 0 Å². The largest absolute Gasteiger partial charge is 0.299 e. The SMILES string of the molecule is CC(C)(Cn1c(-c2cccnc2)n[nH]c1=S)S(C)(=O)=O. The van der Waals surface area contributed by atoms with Gasteiger partial charge in [0.05, 0.1) is 4.75 Å². The Kier molecular flexibility index (Phi) is 3.79. The predicted octanol–water partition coefficient (Wildman–Crippen LogP) is 1.83. The number of aromatic amines is 1. The lowest BCUT2D eigenvalue weighted by Gasteiger charge is -2.23. The molecule has 8 heteroatoms. The Morgan fingerprint density at radius 2 is 2.15 bits per heavy atom. The number of hydrogen-bond donors (Lipinski definition) is 1. The average Bonchev–Trinajstić information content (AvgIpc) is 2.70. The molecule has 0 radical (unpaired) electrons. The molecule has 108 valence electrons. The minimum Gasteiger partial charge on any atom is -0.299 e. The van der Waals surface area contributed by atoms with Crippen LogP contribution in [-0.2, 0) is 16.4 Å². The molecule has 0 bridgehead atoms. The second-order valence-electron chi connectivity index (χ2n) is 5.21. The van der Waals surface area contributed by atoms with Gasteiger partial charge in [-0.2, -0.15) is 5.10 Å². The number of H-pyrrole nitrogens is 1. The normalized spacial score (nSPS) is 12.6. The summed E-state index contributed by atoms with van der Waals surface area (Å²) in [6, 6.07) is 3.64. The van der Waals surface area contributed by atoms with Gasteiger partial charge in [0, 0.05) is 30.8 Å². The van der Waals surface area contributed by atoms with E-state index in [4.69, 9.17) is 12.2 Å². The molecule has 0 aliphatic carbocycles. The lowest BCUT2D eigenvalue weighted by molar-refractivity contribution is 0.502. The molecule has 1 N–H and O–H groups in total. The highest BCUT2D eigenvalue weighted by Crippen LogP contribution is 2.22. The Balaban J connectivity index is 2.50. The van der Waals surface area contributed by atoms with Crippen LogP contribution in [0.15, 0.2) is 24.5 Å². The number of nitrogens with zero attached hydrogens (tertiary/aromatic N) is 3. The molecule has 6 nitrogen and oxygen atoms in total. The highest BCUT2D eigenvalue weighted by Gasteiger charge is 2.32. The lowest BCUT2D eigenvalue weighted by Crippen LogP contribution is -2.36. The first-order chi connectivity index (χ1) is 9.22. The van der Waals surface area contributed by atoms with E-state index in [9.17, 15) is 8.42 Å². The van der Waals surface area contributed by atoms with Gasteiger partial charge in [-0.1, -0.05) is 0 Å². The van der Waals surface area contributed by atoms with E-state index in [2.05, 4.69) is 15.2 Å². The quantitative estimate of drug-likeness (QED) is 0.871. The predicted molar refractivity (Wildman–Crippen MR) is 79.6 cm³/mol. The van der Waals surface area contributed by atoms with Crippen LogP contribution >= 0.6 is 12.2 Å². The van der Waals surface area contributed by atoms with Crippen LogP contribution in [0.2, 0.25) is 0 Å². The van der Waals surface area contributed by atoms with Crippen LogP contribution in [0.25, 0.3) is 11.4 Å². The molecular formula is C12H16N4O2S2. The van der Waals surface area contributed by atoms with Crippen molar-refractivity contribution in [3.63, 3.8) is 0 Å². The van der Waals surface area contributed by atoms with Crippen LogP contribution in [0.3, 0.4) is 0 Å². The highest BCUT2D eigenvalue weighted by atomic mass is 32.2. The van der Waals surface area contributed by atoms with Crippen molar-refractivity contribution in [2.75, 3.05) is 6.26 Å². The maximum Gasteiger partial charge on any atom is 0.195 e. The summed E-state index contributed by atoms with van der Waals surface area (Å²) in [6.07, 6.45) is 4.55. The molecule has 0 amide bonds. The number of hydrogen-bond acceptors (Lipinski definition) is 5. The van der Waals surface area contributed by atoms with Crippen LogP contribution in [0.4, 0.5) is 0 Å². The summed E-state index contributed by atoms with van der Waals surface area (Å²) in [5.41, 5.74) is 0.782. The highest BCUT2D eigenvalue weighted by molar-refractivity contribution is 7.92. The van der Waals surface area contributed by atoms with Crippen LogP contribution in [0, 0.1) is 4.77 Å². The van der Waals surface area contributed by atoms with Gasteiger partial charge in [-0.05, 0) is 38.2 Å². The van der Waals surface area contributed by atoms with Crippen molar-refractivity contribution < 1.29 is 8.42 Å². The van der Waals surface area contributed by atoms with Crippen LogP contribution in [0.1, 0.15) is 13.8 Å². The van der Waals surface area contributed by atoms with Crippen molar-refractivity contribution >= 4 is 22.1 Å². The van der Waals surface area contributed by atoms with Crippen LogP contribution < -0.4 is 0 Å². The summed E-state index contributed by atoms with van der Waals surface area (Å²) >= 11 is 5.19. The van der Waals surface area contributed by atoms with E-state index in [1.165, 1.54) is 6.26 Å². The number of aromatic nitrogens is 4. The van der Waals surface area contributed by atoms with E-state index < -0.39 is 14.6 Å². The summed E-state index contributed by atoms with van der Waals surface area (Å²) in [5.74, 6) is 0.583. The van der Waals surface area contributed by atoms with Crippen molar-refractivity contribution in [2.45, 2.75) is 25.1 Å². The van der Waals surface area contributed by atoms with Gasteiger partial charge in [0.25, 0.3) is 0 Å². The number of sulfone groups is 1. The Hall–Kier alpha value is -1.54. The molecular weight excluding hydrogens is 296 g/mol. The van der Waals surface area contributed by atoms with E-state index in [0.717, 1.165) is 5.56 Å². The van der Waals surface area contributed by atoms with Crippen LogP contribution in [-0.4, -0.2) is 39.2 Å². The fourth-order valence-corrected chi connectivity index (χ4v) is 2.24. The second-order valence-corrected chi connectivity index (χ2v) is 8.25. The third-order valence-corrected chi connectivity index (χ3v) is 5.67. The van der Waals surface area contributed by atoms with E-state index in [-0.39, 0.29) is 6.54 Å². The van der Waals surface area contributed by atoms with Gasteiger partial charge in [-0.3, -0.25) is 14.6 Å². The van der Waals surface area contributed by atoms with E-state index in [1.807, 2.05) is 6.07 Å². The molecule has 0 spiro atoms. The first-order valence-electron chi connectivity index (χ1n) is 5.97. The minimum absolute atomic E-state index is 0.228. The Morgan fingerprint density at radius 3 is 2.70 bits per heavy atom. The molecule has 0 fully saturated rings. The fourth-order valence-electron chi connectivity index (χ4n) is 1.68. The minimum atomic E-state index is -3.22. The molecule has 2 heterocycles. The van der Waals surface area contributed by atoms with E-state index in [0.29, 0.717) is 10.6 Å². The van der Waals surface area contributed by atoms with Gasteiger partial charge in [0.1, 0.15) is 0 Å². The van der Waals surface area contributed by atoms with E-state index >= 15 is 0 Å². The van der Waals surface area contributed by atoms with Gasteiger partial charge >= 0.3 is 0 Å². The molecule has 2 rings (SSSR count). The Morgan fingerprint density at radius 1 is 1.45 bits per heavy atom. The number of pyridine rings is 1. The fraction of sp³-hybridized carbons (Fsp3) is 0.417. The molecule has 20 heavy (non-hydrogen) atoms. The van der Waals surface area contributed by atoms with Crippen molar-refractivity contribution in [3.05, 3.63) is 29.3 Å². The Labute approximate surface area is 122 Å². The molecule has 0 atom stereocenters. The smallest absolute Gasteiger partial charge is 0.195 e. The summed E-state index contributed by atoms with van der Waals surface area (Å²) < 4.78 is 24.8. The lowest BCUT2D eigenvalue weighted by atomic mass is 10.2. The zero-order valence-corrected chi connectivity index (χ0v) is 13.1. The molecule has 0 saturated heterocycles. The Bertz CT molecular complexity index is 760. The van der Waals surface area contributed by atoms with Crippen molar-refractivity contribution in [1.29, 1.82) is 0 Å². The zero-order chi connectivity index (χ0) is 15.0. The monoisotopic (exact) mass is 312 g/mol. The molecule has 0 saturated carbocycles. The second kappa shape index (κ2) is 5.10. The van der Waals surface area contributed by atoms with Gasteiger partial charge in [0.15, 0.2) is 20.4 Å². The first-order valence-corrected chi connectivity index (χ1v) is 8.27. The standard InChI is InChI=1S/C12H16N4O2S2/c1-12(2,20(3,17)18)8-16-10(14-15-11(16)19)9-5-4-6-13-7-9/h4-7H,8H2,1-3H3,(H,15,19). The summed E-state index contributed by atoms with van der Waals surface area (Å²) in [6.45, 7) is 3.57. The number of nitrogens with one attached hydrogen (secondary N) is 1. The third-order valence-electron chi connectivity index (χ3n) is 3.22. The van der Waals surface area contributed by atoms with Crippen molar-refractivity contribution in [1.82, 2.24) is 19.7 Å². The average molecular weight is 312 g/mol. The zero-order valence-electron chi connectivity index (χ0n) is 11.5. The third kappa shape index (κ3) is 2.80. The van der Waals surface area contributed by atoms with Gasteiger partial charge < -0.3 is 0 Å². The maximum atomic E-state index is 11.8. The van der Waals surface area contributed by atoms with Crippen LogP contribution in [0.5, 0.6) is 0 Å². The molecule has 0 aliphatic heterocycles.